The average molecular weight is 403 g/mol. The molecule has 0 aliphatic carbocycles. The van der Waals surface area contributed by atoms with Gasteiger partial charge in [-0.15, -0.1) is 0 Å². The molecule has 0 fully saturated rings. The number of hydrogen-bond acceptors (Lipinski definition) is 4. The van der Waals surface area contributed by atoms with E-state index in [4.69, 9.17) is 4.74 Å². The van der Waals surface area contributed by atoms with Crippen LogP contribution in [-0.2, 0) is 14.8 Å². The standard InChI is InChI=1S/C21H26N2O4S/c1-15-10-11-19-17(12-15)18(13-21(2,3)27-19)22-20(24)14-23(4)28(25,26)16-8-6-5-7-9-16/h5-12,18H,13-14H2,1-4H3,(H,22,24)/t18-/m1/s1. The number of rotatable bonds is 5. The monoisotopic (exact) mass is 402 g/mol. The van der Waals surface area contributed by atoms with E-state index < -0.39 is 15.6 Å². The number of nitrogens with one attached hydrogen (secondary N) is 1. The zero-order valence-corrected chi connectivity index (χ0v) is 17.4. The first kappa shape index (κ1) is 20.4. The molecule has 3 rings (SSSR count). The molecule has 0 bridgehead atoms. The molecule has 28 heavy (non-hydrogen) atoms. The summed E-state index contributed by atoms with van der Waals surface area (Å²) in [6.45, 7) is 5.68. The molecule has 1 N–H and O–H groups in total. The molecule has 0 radical (unpaired) electrons. The van der Waals surface area contributed by atoms with Crippen LogP contribution in [0.25, 0.3) is 0 Å². The summed E-state index contributed by atoms with van der Waals surface area (Å²) in [6, 6.07) is 13.7. The van der Waals surface area contributed by atoms with Crippen molar-refractivity contribution in [3.8, 4) is 5.75 Å². The normalized spacial score (nSPS) is 18.2. The zero-order valence-electron chi connectivity index (χ0n) is 16.6. The van der Waals surface area contributed by atoms with Gasteiger partial charge in [0.1, 0.15) is 11.4 Å². The molecule has 1 atom stereocenters. The van der Waals surface area contributed by atoms with Gasteiger partial charge in [-0.1, -0.05) is 35.9 Å². The Kier molecular flexibility index (Phi) is 5.50. The molecule has 7 heteroatoms. The second-order valence-electron chi connectivity index (χ2n) is 7.80. The number of aryl methyl sites for hydroxylation is 1. The molecule has 2 aromatic rings. The predicted octanol–water partition coefficient (Wildman–Crippen LogP) is 3.03. The number of amides is 1. The Morgan fingerprint density at radius 1 is 1.21 bits per heavy atom. The van der Waals surface area contributed by atoms with Crippen LogP contribution in [0.4, 0.5) is 0 Å². The first-order valence-corrected chi connectivity index (χ1v) is 10.6. The maximum Gasteiger partial charge on any atom is 0.243 e. The lowest BCUT2D eigenvalue weighted by Crippen LogP contribution is -2.44. The number of fused-ring (bicyclic) bond motifs is 1. The summed E-state index contributed by atoms with van der Waals surface area (Å²) in [5, 5.41) is 2.99. The van der Waals surface area contributed by atoms with Gasteiger partial charge in [0.15, 0.2) is 0 Å². The highest BCUT2D eigenvalue weighted by atomic mass is 32.2. The number of nitrogens with zero attached hydrogens (tertiary/aromatic N) is 1. The minimum Gasteiger partial charge on any atom is -0.487 e. The van der Waals surface area contributed by atoms with Crippen LogP contribution >= 0.6 is 0 Å². The van der Waals surface area contributed by atoms with Gasteiger partial charge in [0.05, 0.1) is 17.5 Å². The molecule has 1 amide bonds. The number of carbonyl (C=O) groups is 1. The molecule has 0 saturated carbocycles. The van der Waals surface area contributed by atoms with Gasteiger partial charge in [0, 0.05) is 19.0 Å². The lowest BCUT2D eigenvalue weighted by molar-refractivity contribution is -0.122. The van der Waals surface area contributed by atoms with Crippen molar-refractivity contribution >= 4 is 15.9 Å². The Morgan fingerprint density at radius 2 is 1.89 bits per heavy atom. The zero-order chi connectivity index (χ0) is 20.5. The Labute approximate surface area is 166 Å². The highest BCUT2D eigenvalue weighted by Gasteiger charge is 2.35. The number of sulfonamides is 1. The van der Waals surface area contributed by atoms with E-state index in [-0.39, 0.29) is 23.4 Å². The number of carbonyl (C=O) groups excluding carboxylic acids is 1. The van der Waals surface area contributed by atoms with E-state index in [2.05, 4.69) is 5.32 Å². The van der Waals surface area contributed by atoms with E-state index in [0.717, 1.165) is 21.2 Å². The summed E-state index contributed by atoms with van der Waals surface area (Å²) >= 11 is 0. The molecular weight excluding hydrogens is 376 g/mol. The summed E-state index contributed by atoms with van der Waals surface area (Å²) in [4.78, 5) is 12.8. The molecule has 1 aliphatic heterocycles. The Hall–Kier alpha value is -2.38. The van der Waals surface area contributed by atoms with E-state index in [1.54, 1.807) is 18.2 Å². The van der Waals surface area contributed by atoms with Crippen LogP contribution in [0.2, 0.25) is 0 Å². The number of likely N-dealkylation sites (N-methyl/N-ethyl adjacent to an activating group) is 1. The Balaban J connectivity index is 1.75. The van der Waals surface area contributed by atoms with Gasteiger partial charge in [-0.2, -0.15) is 4.31 Å². The van der Waals surface area contributed by atoms with Crippen LogP contribution in [0.5, 0.6) is 5.75 Å². The average Bonchev–Trinajstić information content (AvgIpc) is 2.62. The summed E-state index contributed by atoms with van der Waals surface area (Å²) in [7, 11) is -2.31. The van der Waals surface area contributed by atoms with Crippen LogP contribution in [0.1, 0.15) is 37.4 Å². The van der Waals surface area contributed by atoms with Crippen molar-refractivity contribution in [3.63, 3.8) is 0 Å². The highest BCUT2D eigenvalue weighted by Crippen LogP contribution is 2.39. The lowest BCUT2D eigenvalue weighted by atomic mass is 9.89. The number of hydrogen-bond donors (Lipinski definition) is 1. The third kappa shape index (κ3) is 4.36. The minimum absolute atomic E-state index is 0.165. The van der Waals surface area contributed by atoms with Crippen molar-refractivity contribution in [2.75, 3.05) is 13.6 Å². The van der Waals surface area contributed by atoms with Crippen molar-refractivity contribution in [2.24, 2.45) is 0 Å². The van der Waals surface area contributed by atoms with Crippen LogP contribution in [0, 0.1) is 6.92 Å². The molecule has 0 unspecified atom stereocenters. The second-order valence-corrected chi connectivity index (χ2v) is 9.85. The summed E-state index contributed by atoms with van der Waals surface area (Å²) in [5.74, 6) is 0.398. The smallest absolute Gasteiger partial charge is 0.243 e. The molecule has 1 aliphatic rings. The third-order valence-electron chi connectivity index (χ3n) is 4.78. The summed E-state index contributed by atoms with van der Waals surface area (Å²) in [6.07, 6.45) is 0.602. The van der Waals surface area contributed by atoms with Crippen LogP contribution < -0.4 is 10.1 Å². The van der Waals surface area contributed by atoms with E-state index in [9.17, 15) is 13.2 Å². The van der Waals surface area contributed by atoms with Gasteiger partial charge in [0.2, 0.25) is 15.9 Å². The van der Waals surface area contributed by atoms with Crippen molar-refractivity contribution in [1.29, 1.82) is 0 Å². The maximum absolute atomic E-state index is 12.6. The first-order chi connectivity index (χ1) is 13.1. The molecular formula is C21H26N2O4S. The summed E-state index contributed by atoms with van der Waals surface area (Å²) in [5.41, 5.74) is 1.56. The number of benzene rings is 2. The van der Waals surface area contributed by atoms with Crippen molar-refractivity contribution in [1.82, 2.24) is 9.62 Å². The SMILES string of the molecule is Cc1ccc2c(c1)[C@H](NC(=O)CN(C)S(=O)(=O)c1ccccc1)CC(C)(C)O2. The fourth-order valence-electron chi connectivity index (χ4n) is 3.40. The van der Waals surface area contributed by atoms with Crippen LogP contribution in [-0.4, -0.2) is 37.8 Å². The van der Waals surface area contributed by atoms with Gasteiger partial charge >= 0.3 is 0 Å². The quantitative estimate of drug-likeness (QED) is 0.834. The molecule has 2 aromatic carbocycles. The molecule has 1 heterocycles. The molecule has 6 nitrogen and oxygen atoms in total. The fourth-order valence-corrected chi connectivity index (χ4v) is 4.55. The molecule has 0 aromatic heterocycles. The second kappa shape index (κ2) is 7.56. The van der Waals surface area contributed by atoms with Crippen molar-refractivity contribution < 1.29 is 17.9 Å². The van der Waals surface area contributed by atoms with Crippen molar-refractivity contribution in [2.45, 2.75) is 43.7 Å². The lowest BCUT2D eigenvalue weighted by Gasteiger charge is -2.38. The Morgan fingerprint density at radius 3 is 2.57 bits per heavy atom. The fraction of sp³-hybridized carbons (Fsp3) is 0.381. The van der Waals surface area contributed by atoms with E-state index >= 15 is 0 Å². The topological polar surface area (TPSA) is 75.7 Å². The van der Waals surface area contributed by atoms with E-state index in [0.29, 0.717) is 6.42 Å². The minimum atomic E-state index is -3.72. The van der Waals surface area contributed by atoms with Gasteiger partial charge in [-0.05, 0) is 39.0 Å². The first-order valence-electron chi connectivity index (χ1n) is 9.19. The third-order valence-corrected chi connectivity index (χ3v) is 6.59. The maximum atomic E-state index is 12.6. The van der Waals surface area contributed by atoms with Gasteiger partial charge in [-0.25, -0.2) is 8.42 Å². The van der Waals surface area contributed by atoms with Gasteiger partial charge in [0.25, 0.3) is 0 Å². The highest BCUT2D eigenvalue weighted by molar-refractivity contribution is 7.89. The molecule has 150 valence electrons. The number of ether oxygens (including phenoxy) is 1. The predicted molar refractivity (Wildman–Crippen MR) is 108 cm³/mol. The molecule has 0 saturated heterocycles. The largest absolute Gasteiger partial charge is 0.487 e. The Bertz CT molecular complexity index is 971. The van der Waals surface area contributed by atoms with Crippen LogP contribution in [0.15, 0.2) is 53.4 Å². The van der Waals surface area contributed by atoms with Gasteiger partial charge < -0.3 is 10.1 Å². The van der Waals surface area contributed by atoms with Crippen molar-refractivity contribution in [3.05, 3.63) is 59.7 Å². The van der Waals surface area contributed by atoms with Crippen LogP contribution in [0.3, 0.4) is 0 Å². The van der Waals surface area contributed by atoms with E-state index in [1.165, 1.54) is 19.2 Å². The van der Waals surface area contributed by atoms with Gasteiger partial charge in [-0.3, -0.25) is 4.79 Å². The van der Waals surface area contributed by atoms with E-state index in [1.807, 2.05) is 39.0 Å². The molecule has 0 spiro atoms. The summed E-state index contributed by atoms with van der Waals surface area (Å²) < 4.78 is 32.4.